The highest BCUT2D eigenvalue weighted by molar-refractivity contribution is 7.11. The molecule has 0 aromatic carbocycles. The van der Waals surface area contributed by atoms with Gasteiger partial charge in [0.2, 0.25) is 11.8 Å². The van der Waals surface area contributed by atoms with E-state index in [1.807, 2.05) is 13.1 Å². The number of aliphatic hydroxyl groups is 1. The molecule has 1 atom stereocenters. The summed E-state index contributed by atoms with van der Waals surface area (Å²) in [5.74, 6) is -1.01. The lowest BCUT2D eigenvalue weighted by molar-refractivity contribution is -0.136. The van der Waals surface area contributed by atoms with E-state index in [4.69, 9.17) is 0 Å². The molecule has 2 N–H and O–H groups in total. The minimum absolute atomic E-state index is 0.208. The van der Waals surface area contributed by atoms with Crippen LogP contribution in [0.1, 0.15) is 57.3 Å². The zero-order valence-corrected chi connectivity index (χ0v) is 18.7. The first kappa shape index (κ1) is 21.2. The number of nitrogens with zero attached hydrogens (tertiary/aromatic N) is 4. The van der Waals surface area contributed by atoms with Crippen LogP contribution in [-0.4, -0.2) is 61.7 Å². The Hall–Kier alpha value is -2.69. The predicted octanol–water partition coefficient (Wildman–Crippen LogP) is 1.09. The maximum atomic E-state index is 12.9. The highest BCUT2D eigenvalue weighted by atomic mass is 32.1. The number of carbonyl (C=O) groups excluding carboxylic acids is 3. The van der Waals surface area contributed by atoms with Crippen LogP contribution < -0.4 is 5.32 Å². The average Bonchev–Trinajstić information content (AvgIpc) is 3.32. The second-order valence-electron chi connectivity index (χ2n) is 8.76. The first-order valence-corrected chi connectivity index (χ1v) is 11.7. The van der Waals surface area contributed by atoms with Crippen LogP contribution in [0.25, 0.3) is 0 Å². The molecule has 168 valence electrons. The van der Waals surface area contributed by atoms with Crippen LogP contribution in [0, 0.1) is 6.92 Å². The number of amides is 3. The Morgan fingerprint density at radius 2 is 2.03 bits per heavy atom. The summed E-state index contributed by atoms with van der Waals surface area (Å²) in [5.41, 5.74) is 0.555. The van der Waals surface area contributed by atoms with E-state index in [-0.39, 0.29) is 24.8 Å². The largest absolute Gasteiger partial charge is 0.383 e. The Kier molecular flexibility index (Phi) is 5.31. The maximum Gasteiger partial charge on any atom is 0.256 e. The Morgan fingerprint density at radius 3 is 2.72 bits per heavy atom. The van der Waals surface area contributed by atoms with Crippen molar-refractivity contribution >= 4 is 29.1 Å². The van der Waals surface area contributed by atoms with E-state index in [9.17, 15) is 19.5 Å². The summed E-state index contributed by atoms with van der Waals surface area (Å²) < 4.78 is 0. The van der Waals surface area contributed by atoms with Crippen molar-refractivity contribution in [2.75, 3.05) is 13.1 Å². The van der Waals surface area contributed by atoms with Crippen molar-refractivity contribution in [2.45, 2.75) is 57.3 Å². The van der Waals surface area contributed by atoms with E-state index in [0.29, 0.717) is 36.2 Å². The molecule has 3 amide bonds. The molecule has 32 heavy (non-hydrogen) atoms. The van der Waals surface area contributed by atoms with Crippen LogP contribution in [0.4, 0.5) is 0 Å². The summed E-state index contributed by atoms with van der Waals surface area (Å²) >= 11 is 1.69. The number of nitrogens with one attached hydrogen (secondary N) is 1. The summed E-state index contributed by atoms with van der Waals surface area (Å²) in [5, 5.41) is 14.7. The normalized spacial score (nSPS) is 23.4. The van der Waals surface area contributed by atoms with Crippen molar-refractivity contribution in [3.8, 4) is 0 Å². The molecule has 2 fully saturated rings. The van der Waals surface area contributed by atoms with Gasteiger partial charge in [0.15, 0.2) is 0 Å². The van der Waals surface area contributed by atoms with Gasteiger partial charge in [0.25, 0.3) is 5.91 Å². The number of likely N-dealkylation sites (tertiary alicyclic amines) is 1. The van der Waals surface area contributed by atoms with Crippen molar-refractivity contribution in [3.05, 3.63) is 45.2 Å². The molecule has 0 radical (unpaired) electrons. The zero-order valence-electron chi connectivity index (χ0n) is 17.8. The minimum Gasteiger partial charge on any atom is -0.383 e. The fourth-order valence-corrected chi connectivity index (χ4v) is 5.53. The van der Waals surface area contributed by atoms with Gasteiger partial charge in [-0.1, -0.05) is 0 Å². The van der Waals surface area contributed by atoms with E-state index in [0.717, 1.165) is 24.6 Å². The molecule has 1 unspecified atom stereocenters. The van der Waals surface area contributed by atoms with Gasteiger partial charge in [0.1, 0.15) is 16.7 Å². The van der Waals surface area contributed by atoms with Crippen molar-refractivity contribution in [1.82, 2.24) is 25.1 Å². The molecule has 2 aromatic heterocycles. The van der Waals surface area contributed by atoms with Crippen LogP contribution in [-0.2, 0) is 28.3 Å². The number of pyridine rings is 1. The van der Waals surface area contributed by atoms with Crippen molar-refractivity contribution in [1.29, 1.82) is 0 Å². The van der Waals surface area contributed by atoms with Crippen LogP contribution in [0.3, 0.4) is 0 Å². The quantitative estimate of drug-likeness (QED) is 0.663. The van der Waals surface area contributed by atoms with E-state index >= 15 is 0 Å². The molecular weight excluding hydrogens is 430 g/mol. The van der Waals surface area contributed by atoms with E-state index in [1.54, 1.807) is 23.5 Å². The minimum atomic E-state index is -1.05. The van der Waals surface area contributed by atoms with E-state index in [2.05, 4.69) is 20.2 Å². The number of carbonyl (C=O) groups is 3. The van der Waals surface area contributed by atoms with E-state index in [1.165, 1.54) is 9.78 Å². The van der Waals surface area contributed by atoms with Crippen LogP contribution in [0.5, 0.6) is 0 Å². The second kappa shape index (κ2) is 8.02. The molecule has 2 saturated heterocycles. The molecule has 9 nitrogen and oxygen atoms in total. The fourth-order valence-electron chi connectivity index (χ4n) is 4.70. The summed E-state index contributed by atoms with van der Waals surface area (Å²) in [6, 6.07) is 2.76. The highest BCUT2D eigenvalue weighted by Crippen LogP contribution is 2.35. The number of aromatic nitrogens is 2. The number of rotatable bonds is 4. The SMILES string of the molecule is Cc1cnc(CN2CCC(O)(c3ccc4c(n3)CN(C3CCC(=O)NC3=O)C4=O)CC2)s1. The third-order valence-electron chi connectivity index (χ3n) is 6.56. The summed E-state index contributed by atoms with van der Waals surface area (Å²) in [7, 11) is 0. The molecule has 5 rings (SSSR count). The number of aryl methyl sites for hydroxylation is 1. The molecule has 2 aromatic rings. The van der Waals surface area contributed by atoms with Gasteiger partial charge in [-0.25, -0.2) is 4.98 Å². The van der Waals surface area contributed by atoms with Crippen LogP contribution in [0.15, 0.2) is 18.3 Å². The third-order valence-corrected chi connectivity index (χ3v) is 7.46. The number of piperidine rings is 2. The summed E-state index contributed by atoms with van der Waals surface area (Å²) in [6.45, 7) is 4.49. The first-order chi connectivity index (χ1) is 15.3. The van der Waals surface area contributed by atoms with Gasteiger partial charge in [-0.3, -0.25) is 29.6 Å². The average molecular weight is 456 g/mol. The lowest BCUT2D eigenvalue weighted by atomic mass is 9.87. The van der Waals surface area contributed by atoms with Gasteiger partial charge in [-0.05, 0) is 38.3 Å². The Labute approximate surface area is 189 Å². The molecule has 3 aliphatic rings. The molecule has 0 aliphatic carbocycles. The number of imide groups is 1. The van der Waals surface area contributed by atoms with Crippen LogP contribution >= 0.6 is 11.3 Å². The topological polar surface area (TPSA) is 116 Å². The summed E-state index contributed by atoms with van der Waals surface area (Å²) in [6.07, 6.45) is 3.51. The molecule has 0 saturated carbocycles. The Bertz CT molecular complexity index is 1090. The molecular formula is C22H25N5O4S. The molecule has 0 bridgehead atoms. The smallest absolute Gasteiger partial charge is 0.256 e. The highest BCUT2D eigenvalue weighted by Gasteiger charge is 2.41. The predicted molar refractivity (Wildman–Crippen MR) is 116 cm³/mol. The molecule has 5 heterocycles. The molecule has 3 aliphatic heterocycles. The standard InChI is InChI=1S/C22H25N5O4S/c1-13-10-23-19(32-13)12-26-8-6-22(31,7-9-26)17-4-2-14-15(24-17)11-27(21(14)30)16-3-5-18(28)25-20(16)29/h2,4,10,16,31H,3,5-9,11-12H2,1H3,(H,25,28,29). The zero-order chi connectivity index (χ0) is 22.5. The summed E-state index contributed by atoms with van der Waals surface area (Å²) in [4.78, 5) is 50.5. The van der Waals surface area contributed by atoms with Crippen molar-refractivity contribution < 1.29 is 19.5 Å². The van der Waals surface area contributed by atoms with Gasteiger partial charge in [0.05, 0.1) is 30.0 Å². The number of fused-ring (bicyclic) bond motifs is 1. The Balaban J connectivity index is 1.28. The second-order valence-corrected chi connectivity index (χ2v) is 10.1. The van der Waals surface area contributed by atoms with Gasteiger partial charge >= 0.3 is 0 Å². The van der Waals surface area contributed by atoms with Gasteiger partial charge in [-0.2, -0.15) is 0 Å². The van der Waals surface area contributed by atoms with Crippen LogP contribution in [0.2, 0.25) is 0 Å². The maximum absolute atomic E-state index is 12.9. The molecule has 10 heteroatoms. The number of hydrogen-bond donors (Lipinski definition) is 2. The van der Waals surface area contributed by atoms with Crippen molar-refractivity contribution in [2.24, 2.45) is 0 Å². The first-order valence-electron chi connectivity index (χ1n) is 10.8. The molecule has 0 spiro atoms. The monoisotopic (exact) mass is 455 g/mol. The lowest BCUT2D eigenvalue weighted by Gasteiger charge is -2.37. The van der Waals surface area contributed by atoms with Gasteiger partial charge in [-0.15, -0.1) is 11.3 Å². The fraction of sp³-hybridized carbons (Fsp3) is 0.500. The Morgan fingerprint density at radius 1 is 1.25 bits per heavy atom. The lowest BCUT2D eigenvalue weighted by Crippen LogP contribution is -2.52. The van der Waals surface area contributed by atoms with Gasteiger partial charge < -0.3 is 10.0 Å². The number of hydrogen-bond acceptors (Lipinski definition) is 8. The van der Waals surface area contributed by atoms with Crippen molar-refractivity contribution in [3.63, 3.8) is 0 Å². The number of thiazole rings is 1. The van der Waals surface area contributed by atoms with E-state index < -0.39 is 17.6 Å². The van der Waals surface area contributed by atoms with Gasteiger partial charge in [0, 0.05) is 30.6 Å². The third kappa shape index (κ3) is 3.82.